The second-order valence-corrected chi connectivity index (χ2v) is 5.01. The van der Waals surface area contributed by atoms with Crippen LogP contribution in [0.5, 0.6) is 0 Å². The van der Waals surface area contributed by atoms with Gasteiger partial charge in [0.2, 0.25) is 0 Å². The highest BCUT2D eigenvalue weighted by Crippen LogP contribution is 2.28. The Morgan fingerprint density at radius 1 is 1.32 bits per heavy atom. The molecule has 0 bridgehead atoms. The van der Waals surface area contributed by atoms with Gasteiger partial charge in [0, 0.05) is 6.42 Å². The molecule has 0 aromatic carbocycles. The molecule has 4 atom stereocenters. The zero-order chi connectivity index (χ0) is 14.5. The van der Waals surface area contributed by atoms with Crippen LogP contribution in [0.4, 0.5) is 0 Å². The van der Waals surface area contributed by atoms with Crippen LogP contribution >= 0.6 is 0 Å². The van der Waals surface area contributed by atoms with Gasteiger partial charge < -0.3 is 25.2 Å². The Hall–Kier alpha value is -0.730. The van der Waals surface area contributed by atoms with Gasteiger partial charge in [-0.1, -0.05) is 6.42 Å². The lowest BCUT2D eigenvalue weighted by molar-refractivity contribution is -0.137. The van der Waals surface area contributed by atoms with E-state index in [1.807, 2.05) is 0 Å². The molecule has 1 fully saturated rings. The first-order chi connectivity index (χ1) is 8.90. The number of rotatable bonds is 8. The van der Waals surface area contributed by atoms with Gasteiger partial charge in [0.1, 0.15) is 24.0 Å². The number of nitrogens with one attached hydrogen (secondary N) is 1. The van der Waals surface area contributed by atoms with E-state index in [1.54, 1.807) is 6.92 Å². The molecule has 1 aliphatic heterocycles. The molecule has 0 saturated carbocycles. The Balaban J connectivity index is 2.26. The fraction of sp³-hybridized carbons (Fsp3) is 0.917. The van der Waals surface area contributed by atoms with Gasteiger partial charge in [0.25, 0.3) is 0 Å². The van der Waals surface area contributed by atoms with Crippen LogP contribution < -0.4 is 5.32 Å². The van der Waals surface area contributed by atoms with Crippen LogP contribution in [0, 0.1) is 0 Å². The first-order valence-electron chi connectivity index (χ1n) is 6.52. The summed E-state index contributed by atoms with van der Waals surface area (Å²) in [7, 11) is 0. The largest absolute Gasteiger partial charge is 0.481 e. The smallest absolute Gasteiger partial charge is 0.303 e. The number of aliphatic hydroxyl groups is 3. The number of hydrogen-bond acceptors (Lipinski definition) is 6. The maximum atomic E-state index is 10.3. The molecule has 5 N–H and O–H groups in total. The summed E-state index contributed by atoms with van der Waals surface area (Å²) in [5, 5.41) is 40.0. The van der Waals surface area contributed by atoms with Crippen molar-refractivity contribution in [2.45, 2.75) is 56.6 Å². The topological polar surface area (TPSA) is 119 Å². The summed E-state index contributed by atoms with van der Waals surface area (Å²) >= 11 is 0. The highest BCUT2D eigenvalue weighted by molar-refractivity contribution is 5.66. The SMILES string of the molecule is C[C@@]1(NCCCCCC(=O)O)O[C@H](CO)[C@@H](O)[C@@H]1O. The maximum Gasteiger partial charge on any atom is 0.303 e. The first-order valence-corrected chi connectivity index (χ1v) is 6.52. The molecule has 1 aliphatic rings. The van der Waals surface area contributed by atoms with Crippen LogP contribution in [0.15, 0.2) is 0 Å². The molecule has 112 valence electrons. The van der Waals surface area contributed by atoms with Crippen molar-refractivity contribution in [2.75, 3.05) is 13.2 Å². The van der Waals surface area contributed by atoms with Crippen molar-refractivity contribution in [1.82, 2.24) is 5.32 Å². The summed E-state index contributed by atoms with van der Waals surface area (Å²) in [6, 6.07) is 0. The lowest BCUT2D eigenvalue weighted by Gasteiger charge is -2.29. The second kappa shape index (κ2) is 7.16. The van der Waals surface area contributed by atoms with Gasteiger partial charge in [0.15, 0.2) is 0 Å². The van der Waals surface area contributed by atoms with Crippen molar-refractivity contribution in [1.29, 1.82) is 0 Å². The molecule has 7 nitrogen and oxygen atoms in total. The highest BCUT2D eigenvalue weighted by atomic mass is 16.6. The van der Waals surface area contributed by atoms with E-state index in [0.717, 1.165) is 12.8 Å². The molecule has 0 radical (unpaired) electrons. The molecule has 0 unspecified atom stereocenters. The Kier molecular flexibility index (Phi) is 6.15. The van der Waals surface area contributed by atoms with Gasteiger partial charge in [-0.3, -0.25) is 10.1 Å². The zero-order valence-electron chi connectivity index (χ0n) is 11.1. The van der Waals surface area contributed by atoms with Gasteiger partial charge in [-0.15, -0.1) is 0 Å². The van der Waals surface area contributed by atoms with Crippen LogP contribution in [0.2, 0.25) is 0 Å². The fourth-order valence-corrected chi connectivity index (χ4v) is 2.19. The molecule has 0 aromatic rings. The molecule has 1 heterocycles. The van der Waals surface area contributed by atoms with Crippen molar-refractivity contribution in [2.24, 2.45) is 0 Å². The quantitative estimate of drug-likeness (QED) is 0.363. The lowest BCUT2D eigenvalue weighted by atomic mass is 10.0. The minimum absolute atomic E-state index is 0.154. The second-order valence-electron chi connectivity index (χ2n) is 5.01. The average Bonchev–Trinajstić information content (AvgIpc) is 2.58. The minimum atomic E-state index is -1.12. The number of unbranched alkanes of at least 4 members (excludes halogenated alkanes) is 2. The molecule has 7 heteroatoms. The van der Waals surface area contributed by atoms with E-state index < -0.39 is 30.0 Å². The van der Waals surface area contributed by atoms with Crippen molar-refractivity contribution >= 4 is 5.97 Å². The van der Waals surface area contributed by atoms with Gasteiger partial charge in [0.05, 0.1) is 6.61 Å². The monoisotopic (exact) mass is 277 g/mol. The van der Waals surface area contributed by atoms with Gasteiger partial charge >= 0.3 is 5.97 Å². The van der Waals surface area contributed by atoms with E-state index in [-0.39, 0.29) is 13.0 Å². The molecule has 0 aliphatic carbocycles. The normalized spacial score (nSPS) is 34.6. The van der Waals surface area contributed by atoms with Crippen LogP contribution in [0.3, 0.4) is 0 Å². The van der Waals surface area contributed by atoms with Crippen molar-refractivity contribution < 1.29 is 30.0 Å². The molecular weight excluding hydrogens is 254 g/mol. The van der Waals surface area contributed by atoms with E-state index in [1.165, 1.54) is 0 Å². The molecule has 1 rings (SSSR count). The van der Waals surface area contributed by atoms with Crippen molar-refractivity contribution in [3.05, 3.63) is 0 Å². The van der Waals surface area contributed by atoms with E-state index >= 15 is 0 Å². The number of aliphatic hydroxyl groups excluding tert-OH is 3. The lowest BCUT2D eigenvalue weighted by Crippen LogP contribution is -2.52. The summed E-state index contributed by atoms with van der Waals surface area (Å²) in [5.41, 5.74) is -1.08. The standard InChI is InChI=1S/C12H23NO6/c1-12(11(18)10(17)8(7-14)19-12)13-6-4-2-3-5-9(15)16/h8,10-11,13-14,17-18H,2-7H2,1H3,(H,15,16)/t8-,10-,11+,12-/m1/s1. The number of carbonyl (C=O) groups is 1. The molecule has 0 amide bonds. The van der Waals surface area contributed by atoms with Gasteiger partial charge in [-0.25, -0.2) is 0 Å². The third-order valence-corrected chi connectivity index (χ3v) is 3.39. The molecule has 1 saturated heterocycles. The minimum Gasteiger partial charge on any atom is -0.481 e. The summed E-state index contributed by atoms with van der Waals surface area (Å²) in [6.07, 6.45) is -0.741. The molecule has 19 heavy (non-hydrogen) atoms. The highest BCUT2D eigenvalue weighted by Gasteiger charge is 2.50. The van der Waals surface area contributed by atoms with Gasteiger partial charge in [-0.2, -0.15) is 0 Å². The van der Waals surface area contributed by atoms with Crippen LogP contribution in [-0.4, -0.2) is 63.6 Å². The molecule has 0 spiro atoms. The number of ether oxygens (including phenoxy) is 1. The van der Waals surface area contributed by atoms with Crippen LogP contribution in [-0.2, 0) is 9.53 Å². The van der Waals surface area contributed by atoms with Crippen molar-refractivity contribution in [3.8, 4) is 0 Å². The fourth-order valence-electron chi connectivity index (χ4n) is 2.19. The van der Waals surface area contributed by atoms with Crippen LogP contribution in [0.25, 0.3) is 0 Å². The summed E-state index contributed by atoms with van der Waals surface area (Å²) < 4.78 is 5.41. The number of carboxylic acid groups (broad SMARTS) is 1. The van der Waals surface area contributed by atoms with E-state index in [9.17, 15) is 15.0 Å². The molecular formula is C12H23NO6. The Morgan fingerprint density at radius 3 is 2.53 bits per heavy atom. The van der Waals surface area contributed by atoms with E-state index in [0.29, 0.717) is 13.0 Å². The maximum absolute atomic E-state index is 10.3. The third kappa shape index (κ3) is 4.39. The summed E-state index contributed by atoms with van der Waals surface area (Å²) in [5.74, 6) is -0.802. The predicted octanol–water partition coefficient (Wildman–Crippen LogP) is -0.950. The van der Waals surface area contributed by atoms with Crippen molar-refractivity contribution in [3.63, 3.8) is 0 Å². The zero-order valence-corrected chi connectivity index (χ0v) is 11.1. The summed E-state index contributed by atoms with van der Waals surface area (Å²) in [6.45, 7) is 1.81. The Morgan fingerprint density at radius 2 is 2.00 bits per heavy atom. The molecule has 0 aromatic heterocycles. The first kappa shape index (κ1) is 16.3. The number of aliphatic carboxylic acids is 1. The third-order valence-electron chi connectivity index (χ3n) is 3.39. The van der Waals surface area contributed by atoms with E-state index in [2.05, 4.69) is 5.32 Å². The van der Waals surface area contributed by atoms with E-state index in [4.69, 9.17) is 14.9 Å². The predicted molar refractivity (Wildman–Crippen MR) is 66.5 cm³/mol. The summed E-state index contributed by atoms with van der Waals surface area (Å²) in [4.78, 5) is 10.3. The number of carboxylic acids is 1. The Labute approximate surface area is 112 Å². The number of hydrogen-bond donors (Lipinski definition) is 5. The Bertz CT molecular complexity index is 300. The van der Waals surface area contributed by atoms with Gasteiger partial charge in [-0.05, 0) is 26.3 Å². The average molecular weight is 277 g/mol. The van der Waals surface area contributed by atoms with Crippen LogP contribution in [0.1, 0.15) is 32.6 Å².